The molecule has 1 nitrogen and oxygen atoms in total. The van der Waals surface area contributed by atoms with Crippen molar-refractivity contribution in [2.75, 3.05) is 7.11 Å². The molecule has 0 aliphatic heterocycles. The quantitative estimate of drug-likeness (QED) is 0.334. The van der Waals surface area contributed by atoms with Crippen LogP contribution in [0.1, 0.15) is 105 Å². The zero-order valence-corrected chi connectivity index (χ0v) is 19.4. The molecule has 0 saturated heterocycles. The Labute approximate surface area is 175 Å². The molecular weight excluding hydrogens is 340 g/mol. The molecule has 1 heteroatoms. The normalized spacial score (nSPS) is 45.4. The van der Waals surface area contributed by atoms with Crippen LogP contribution in [0, 0.1) is 40.4 Å². The fraction of sp³-hybridized carbons (Fsp3) is 0.926. The van der Waals surface area contributed by atoms with E-state index in [2.05, 4.69) is 33.8 Å². The maximum absolute atomic E-state index is 5.74. The Morgan fingerprint density at radius 1 is 1.04 bits per heavy atom. The van der Waals surface area contributed by atoms with E-state index in [9.17, 15) is 0 Å². The van der Waals surface area contributed by atoms with Crippen LogP contribution >= 0.6 is 0 Å². The maximum Gasteiger partial charge on any atom is 0.0608 e. The fourth-order valence-corrected chi connectivity index (χ4v) is 8.36. The van der Waals surface area contributed by atoms with Gasteiger partial charge in [0.05, 0.1) is 6.10 Å². The summed E-state index contributed by atoms with van der Waals surface area (Å²) >= 11 is 0. The molecule has 4 aliphatic carbocycles. The van der Waals surface area contributed by atoms with Gasteiger partial charge in [0.1, 0.15) is 0 Å². The zero-order valence-electron chi connectivity index (χ0n) is 19.4. The van der Waals surface area contributed by atoms with E-state index in [1.54, 1.807) is 5.57 Å². The van der Waals surface area contributed by atoms with Crippen LogP contribution in [-0.2, 0) is 4.74 Å². The number of hydrogen-bond donors (Lipinski definition) is 0. The average molecular weight is 387 g/mol. The van der Waals surface area contributed by atoms with Gasteiger partial charge in [-0.15, -0.1) is 0 Å². The first-order valence-electron chi connectivity index (χ1n) is 12.6. The van der Waals surface area contributed by atoms with Crippen molar-refractivity contribution in [3.8, 4) is 0 Å². The Morgan fingerprint density at radius 3 is 2.61 bits per heavy atom. The number of hydrogen-bond acceptors (Lipinski definition) is 1. The topological polar surface area (TPSA) is 9.23 Å². The maximum atomic E-state index is 5.74. The Balaban J connectivity index is 1.45. The van der Waals surface area contributed by atoms with Gasteiger partial charge in [0.25, 0.3) is 0 Å². The minimum atomic E-state index is 0.478. The van der Waals surface area contributed by atoms with Crippen molar-refractivity contribution in [1.29, 1.82) is 0 Å². The first kappa shape index (κ1) is 21.0. The van der Waals surface area contributed by atoms with Gasteiger partial charge in [0.2, 0.25) is 0 Å². The molecule has 0 aromatic carbocycles. The second-order valence-electron chi connectivity index (χ2n) is 11.9. The van der Waals surface area contributed by atoms with Crippen LogP contribution in [0.15, 0.2) is 11.6 Å². The summed E-state index contributed by atoms with van der Waals surface area (Å²) < 4.78 is 5.74. The third-order valence-electron chi connectivity index (χ3n) is 10.2. The molecule has 4 rings (SSSR count). The Morgan fingerprint density at radius 2 is 1.86 bits per heavy atom. The minimum absolute atomic E-state index is 0.478. The highest BCUT2D eigenvalue weighted by molar-refractivity contribution is 5.25. The van der Waals surface area contributed by atoms with E-state index in [1.165, 1.54) is 77.0 Å². The van der Waals surface area contributed by atoms with Gasteiger partial charge in [0, 0.05) is 7.11 Å². The number of rotatable bonds is 6. The number of unbranched alkanes of at least 4 members (excludes halogenated alkanes) is 1. The van der Waals surface area contributed by atoms with Crippen molar-refractivity contribution in [2.24, 2.45) is 40.4 Å². The molecule has 160 valence electrons. The van der Waals surface area contributed by atoms with Gasteiger partial charge in [0.15, 0.2) is 0 Å². The Hall–Kier alpha value is -0.300. The molecule has 0 spiro atoms. The van der Waals surface area contributed by atoms with Crippen molar-refractivity contribution in [3.63, 3.8) is 0 Å². The molecule has 0 unspecified atom stereocenters. The molecule has 0 heterocycles. The molecule has 0 bridgehead atoms. The summed E-state index contributed by atoms with van der Waals surface area (Å²) in [6.07, 6.45) is 20.3. The number of ether oxygens (including phenoxy) is 1. The highest BCUT2D eigenvalue weighted by atomic mass is 16.5. The molecule has 28 heavy (non-hydrogen) atoms. The summed E-state index contributed by atoms with van der Waals surface area (Å²) in [5, 5.41) is 0. The predicted octanol–water partition coefficient (Wildman–Crippen LogP) is 7.80. The largest absolute Gasteiger partial charge is 0.381 e. The lowest BCUT2D eigenvalue weighted by Crippen LogP contribution is -2.50. The highest BCUT2D eigenvalue weighted by Crippen LogP contribution is 2.66. The summed E-state index contributed by atoms with van der Waals surface area (Å²) in [5.74, 6) is 4.79. The smallest absolute Gasteiger partial charge is 0.0608 e. The summed E-state index contributed by atoms with van der Waals surface area (Å²) in [6, 6.07) is 0. The lowest BCUT2D eigenvalue weighted by atomic mass is 9.47. The van der Waals surface area contributed by atoms with Crippen molar-refractivity contribution >= 4 is 0 Å². The van der Waals surface area contributed by atoms with E-state index in [1.807, 2.05) is 7.11 Å². The van der Waals surface area contributed by atoms with Crippen LogP contribution in [0.3, 0.4) is 0 Å². The van der Waals surface area contributed by atoms with E-state index >= 15 is 0 Å². The molecule has 4 aliphatic rings. The average Bonchev–Trinajstić information content (AvgIpc) is 3.01. The molecule has 0 aromatic heterocycles. The van der Waals surface area contributed by atoms with E-state index in [4.69, 9.17) is 4.74 Å². The van der Waals surface area contributed by atoms with Crippen LogP contribution < -0.4 is 0 Å². The van der Waals surface area contributed by atoms with Gasteiger partial charge < -0.3 is 4.74 Å². The van der Waals surface area contributed by atoms with Gasteiger partial charge in [-0.3, -0.25) is 0 Å². The molecule has 7 atom stereocenters. The van der Waals surface area contributed by atoms with Gasteiger partial charge in [-0.2, -0.15) is 0 Å². The van der Waals surface area contributed by atoms with Gasteiger partial charge >= 0.3 is 0 Å². The van der Waals surface area contributed by atoms with Gasteiger partial charge in [-0.05, 0) is 98.2 Å². The molecule has 0 N–H and O–H groups in total. The Kier molecular flexibility index (Phi) is 6.05. The SMILES string of the molecule is CO[C@@H]1CC[C@]2(C)C(=CC[C@@H]3[C@H]4CC[C@@H](CCCCC(C)C)[C@]4(C)CC[C@H]32)C1. The molecule has 3 saturated carbocycles. The lowest BCUT2D eigenvalue weighted by molar-refractivity contribution is -0.0542. The van der Waals surface area contributed by atoms with E-state index in [0.717, 1.165) is 29.6 Å². The van der Waals surface area contributed by atoms with E-state index in [0.29, 0.717) is 16.9 Å². The first-order chi connectivity index (χ1) is 13.4. The Bertz CT molecular complexity index is 577. The van der Waals surface area contributed by atoms with Crippen LogP contribution in [0.25, 0.3) is 0 Å². The summed E-state index contributed by atoms with van der Waals surface area (Å²) in [4.78, 5) is 0. The first-order valence-corrected chi connectivity index (χ1v) is 12.6. The van der Waals surface area contributed by atoms with Gasteiger partial charge in [-0.25, -0.2) is 0 Å². The minimum Gasteiger partial charge on any atom is -0.381 e. The van der Waals surface area contributed by atoms with Crippen molar-refractivity contribution in [2.45, 2.75) is 111 Å². The molecule has 0 aromatic rings. The molecule has 3 fully saturated rings. The third-order valence-corrected chi connectivity index (χ3v) is 10.2. The summed E-state index contributed by atoms with van der Waals surface area (Å²) in [5.41, 5.74) is 2.89. The van der Waals surface area contributed by atoms with E-state index in [-0.39, 0.29) is 0 Å². The van der Waals surface area contributed by atoms with Gasteiger partial charge in [-0.1, -0.05) is 58.6 Å². The summed E-state index contributed by atoms with van der Waals surface area (Å²) in [6.45, 7) is 10.1. The van der Waals surface area contributed by atoms with Crippen molar-refractivity contribution in [1.82, 2.24) is 0 Å². The van der Waals surface area contributed by atoms with E-state index < -0.39 is 0 Å². The standard InChI is InChI=1S/C27H46O/c1-19(2)8-6-7-9-20-11-13-24-23-12-10-21-18-22(28-5)14-16-27(21,4)25(23)15-17-26(20,24)3/h10,19-20,22-25H,6-9,11-18H2,1-5H3/t20-,22-,23-,24-,25-,26+,27-/m1/s1. The van der Waals surface area contributed by atoms with Crippen molar-refractivity contribution in [3.05, 3.63) is 11.6 Å². The highest BCUT2D eigenvalue weighted by Gasteiger charge is 2.58. The predicted molar refractivity (Wildman–Crippen MR) is 119 cm³/mol. The summed E-state index contributed by atoms with van der Waals surface area (Å²) in [7, 11) is 1.91. The molecule has 0 amide bonds. The lowest BCUT2D eigenvalue weighted by Gasteiger charge is -2.58. The monoisotopic (exact) mass is 386 g/mol. The van der Waals surface area contributed by atoms with Crippen LogP contribution in [0.4, 0.5) is 0 Å². The number of allylic oxidation sites excluding steroid dienone is 1. The second-order valence-corrected chi connectivity index (χ2v) is 11.9. The molecule has 0 radical (unpaired) electrons. The number of methoxy groups -OCH3 is 1. The van der Waals surface area contributed by atoms with Crippen LogP contribution in [0.2, 0.25) is 0 Å². The molecular formula is C27H46O. The van der Waals surface area contributed by atoms with Crippen LogP contribution in [-0.4, -0.2) is 13.2 Å². The van der Waals surface area contributed by atoms with Crippen molar-refractivity contribution < 1.29 is 4.74 Å². The zero-order chi connectivity index (χ0) is 19.9. The second kappa shape index (κ2) is 8.09. The fourth-order valence-electron chi connectivity index (χ4n) is 8.36. The third kappa shape index (κ3) is 3.52. The van der Waals surface area contributed by atoms with Crippen LogP contribution in [0.5, 0.6) is 0 Å². The number of fused-ring (bicyclic) bond motifs is 5.